The molecule has 1 aromatic heterocycles. The number of carbonyl (C=O) groups is 1. The van der Waals surface area contributed by atoms with Gasteiger partial charge < -0.3 is 5.11 Å². The minimum absolute atomic E-state index is 0.00517. The van der Waals surface area contributed by atoms with Crippen LogP contribution >= 0.6 is 0 Å². The second-order valence-electron chi connectivity index (χ2n) is 5.39. The summed E-state index contributed by atoms with van der Waals surface area (Å²) in [6.07, 6.45) is 2.46. The first-order valence-corrected chi connectivity index (χ1v) is 5.35. The average molecular weight is 220 g/mol. The Balaban J connectivity index is 2.41. The van der Waals surface area contributed by atoms with Gasteiger partial charge in [0.15, 0.2) is 0 Å². The Labute approximate surface area is 94.7 Å². The summed E-state index contributed by atoms with van der Waals surface area (Å²) in [5.41, 5.74) is 0.936. The Morgan fingerprint density at radius 3 is 2.38 bits per heavy atom. The fourth-order valence-electron chi connectivity index (χ4n) is 2.16. The van der Waals surface area contributed by atoms with Crippen molar-refractivity contribution in [1.29, 1.82) is 0 Å². The van der Waals surface area contributed by atoms with Crippen molar-refractivity contribution in [2.24, 2.45) is 5.41 Å². The van der Waals surface area contributed by atoms with E-state index in [2.05, 4.69) is 30.7 Å². The van der Waals surface area contributed by atoms with Gasteiger partial charge in [0.2, 0.25) is 0 Å². The van der Waals surface area contributed by atoms with Crippen LogP contribution in [0.25, 0.3) is 0 Å². The lowest BCUT2D eigenvalue weighted by Crippen LogP contribution is -2.16. The minimum atomic E-state index is -0.968. The number of carboxylic acids is 1. The van der Waals surface area contributed by atoms with Crippen LogP contribution in [0.15, 0.2) is 6.20 Å². The van der Waals surface area contributed by atoms with Gasteiger partial charge in [0.1, 0.15) is 5.82 Å². The highest BCUT2D eigenvalue weighted by atomic mass is 16.4. The highest BCUT2D eigenvalue weighted by Crippen LogP contribution is 2.62. The van der Waals surface area contributed by atoms with Gasteiger partial charge in [-0.3, -0.25) is 0 Å². The van der Waals surface area contributed by atoms with Gasteiger partial charge in [-0.1, -0.05) is 20.8 Å². The van der Waals surface area contributed by atoms with Gasteiger partial charge >= 0.3 is 5.97 Å². The topological polar surface area (TPSA) is 63.1 Å². The number of nitrogens with zero attached hydrogens (tertiary/aromatic N) is 2. The quantitative estimate of drug-likeness (QED) is 0.829. The van der Waals surface area contributed by atoms with Crippen LogP contribution < -0.4 is 0 Å². The van der Waals surface area contributed by atoms with E-state index >= 15 is 0 Å². The second-order valence-corrected chi connectivity index (χ2v) is 5.39. The molecule has 0 saturated heterocycles. The van der Waals surface area contributed by atoms with Crippen molar-refractivity contribution in [2.75, 3.05) is 0 Å². The van der Waals surface area contributed by atoms with E-state index in [9.17, 15) is 4.79 Å². The lowest BCUT2D eigenvalue weighted by atomic mass is 9.97. The van der Waals surface area contributed by atoms with Crippen LogP contribution in [0.2, 0.25) is 0 Å². The standard InChI is InChI=1S/C12H16N2O2/c1-7-8(9(15)16)5-13-10(14-7)12(4)6-11(12,2)3/h5H,6H2,1-4H3,(H,15,16). The Hall–Kier alpha value is -1.45. The maximum absolute atomic E-state index is 10.8. The Morgan fingerprint density at radius 2 is 2.00 bits per heavy atom. The summed E-state index contributed by atoms with van der Waals surface area (Å²) in [6, 6.07) is 0. The number of hydrogen-bond acceptors (Lipinski definition) is 3. The predicted molar refractivity (Wildman–Crippen MR) is 59.5 cm³/mol. The lowest BCUT2D eigenvalue weighted by Gasteiger charge is -2.14. The minimum Gasteiger partial charge on any atom is -0.478 e. The number of rotatable bonds is 2. The van der Waals surface area contributed by atoms with Crippen molar-refractivity contribution in [3.05, 3.63) is 23.3 Å². The molecule has 86 valence electrons. The fraction of sp³-hybridized carbons (Fsp3) is 0.583. The Kier molecular flexibility index (Phi) is 2.09. The SMILES string of the molecule is Cc1nc(C2(C)CC2(C)C)ncc1C(=O)O. The maximum Gasteiger partial charge on any atom is 0.339 e. The summed E-state index contributed by atoms with van der Waals surface area (Å²) < 4.78 is 0. The molecule has 1 unspecified atom stereocenters. The molecule has 0 spiro atoms. The van der Waals surface area contributed by atoms with Crippen molar-refractivity contribution in [3.63, 3.8) is 0 Å². The van der Waals surface area contributed by atoms with Gasteiger partial charge in [-0.25, -0.2) is 14.8 Å². The Morgan fingerprint density at radius 1 is 1.44 bits per heavy atom. The van der Waals surface area contributed by atoms with E-state index < -0.39 is 5.97 Å². The molecule has 1 saturated carbocycles. The molecule has 0 aromatic carbocycles. The number of hydrogen-bond donors (Lipinski definition) is 1. The second kappa shape index (κ2) is 3.03. The van der Waals surface area contributed by atoms with Crippen molar-refractivity contribution >= 4 is 5.97 Å². The molecule has 2 rings (SSSR count). The molecular weight excluding hydrogens is 204 g/mol. The molecule has 1 atom stereocenters. The van der Waals surface area contributed by atoms with Gasteiger partial charge in [-0.2, -0.15) is 0 Å². The van der Waals surface area contributed by atoms with E-state index in [1.54, 1.807) is 6.92 Å². The van der Waals surface area contributed by atoms with E-state index in [1.807, 2.05) is 0 Å². The number of carboxylic acid groups (broad SMARTS) is 1. The number of aryl methyl sites for hydroxylation is 1. The third-order valence-electron chi connectivity index (χ3n) is 3.87. The molecule has 1 aliphatic carbocycles. The maximum atomic E-state index is 10.8. The molecule has 0 radical (unpaired) electrons. The van der Waals surface area contributed by atoms with Gasteiger partial charge in [0.25, 0.3) is 0 Å². The summed E-state index contributed by atoms with van der Waals surface area (Å²) in [5, 5.41) is 8.90. The molecule has 1 N–H and O–H groups in total. The van der Waals surface area contributed by atoms with Crippen LogP contribution in [0, 0.1) is 12.3 Å². The summed E-state index contributed by atoms with van der Waals surface area (Å²) in [6.45, 7) is 8.20. The molecule has 4 nitrogen and oxygen atoms in total. The lowest BCUT2D eigenvalue weighted by molar-refractivity contribution is 0.0695. The molecular formula is C12H16N2O2. The molecule has 16 heavy (non-hydrogen) atoms. The monoisotopic (exact) mass is 220 g/mol. The van der Waals surface area contributed by atoms with E-state index in [0.29, 0.717) is 5.69 Å². The molecule has 1 aliphatic rings. The van der Waals surface area contributed by atoms with Crippen LogP contribution in [0.4, 0.5) is 0 Å². The van der Waals surface area contributed by atoms with Crippen LogP contribution in [-0.2, 0) is 5.41 Å². The molecule has 0 aliphatic heterocycles. The third-order valence-corrected chi connectivity index (χ3v) is 3.87. The average Bonchev–Trinajstić information content (AvgIpc) is 2.66. The van der Waals surface area contributed by atoms with Crippen molar-refractivity contribution < 1.29 is 9.90 Å². The van der Waals surface area contributed by atoms with Gasteiger partial charge in [-0.15, -0.1) is 0 Å². The Bertz CT molecular complexity index is 468. The van der Waals surface area contributed by atoms with Crippen LogP contribution in [0.3, 0.4) is 0 Å². The smallest absolute Gasteiger partial charge is 0.339 e. The molecule has 0 bridgehead atoms. The van der Waals surface area contributed by atoms with E-state index in [1.165, 1.54) is 6.20 Å². The summed E-state index contributed by atoms with van der Waals surface area (Å²) in [4.78, 5) is 19.4. The third kappa shape index (κ3) is 1.40. The zero-order chi connectivity index (χ0) is 12.1. The first-order chi connectivity index (χ1) is 7.28. The molecule has 0 amide bonds. The molecule has 1 aromatic rings. The van der Waals surface area contributed by atoms with Gasteiger partial charge in [0, 0.05) is 11.6 Å². The number of aromatic carboxylic acids is 1. The van der Waals surface area contributed by atoms with Crippen molar-refractivity contribution in [3.8, 4) is 0 Å². The summed E-state index contributed by atoms with van der Waals surface area (Å²) >= 11 is 0. The zero-order valence-corrected chi connectivity index (χ0v) is 10.0. The van der Waals surface area contributed by atoms with E-state index in [-0.39, 0.29) is 16.4 Å². The highest BCUT2D eigenvalue weighted by Gasteiger charge is 2.60. The first-order valence-electron chi connectivity index (χ1n) is 5.35. The molecule has 4 heteroatoms. The zero-order valence-electron chi connectivity index (χ0n) is 10.0. The van der Waals surface area contributed by atoms with Crippen LogP contribution in [0.5, 0.6) is 0 Å². The van der Waals surface area contributed by atoms with Crippen molar-refractivity contribution in [1.82, 2.24) is 9.97 Å². The normalized spacial score (nSPS) is 26.5. The van der Waals surface area contributed by atoms with Crippen LogP contribution in [0.1, 0.15) is 49.1 Å². The van der Waals surface area contributed by atoms with Crippen LogP contribution in [-0.4, -0.2) is 21.0 Å². The largest absolute Gasteiger partial charge is 0.478 e. The first kappa shape index (κ1) is 11.0. The van der Waals surface area contributed by atoms with E-state index in [4.69, 9.17) is 5.11 Å². The molecule has 1 heterocycles. The molecule has 1 fully saturated rings. The summed E-state index contributed by atoms with van der Waals surface area (Å²) in [5.74, 6) is -0.204. The van der Waals surface area contributed by atoms with Gasteiger partial charge in [-0.05, 0) is 18.8 Å². The number of aromatic nitrogens is 2. The van der Waals surface area contributed by atoms with E-state index in [0.717, 1.165) is 12.2 Å². The predicted octanol–water partition coefficient (Wildman–Crippen LogP) is 2.17. The highest BCUT2D eigenvalue weighted by molar-refractivity contribution is 5.88. The van der Waals surface area contributed by atoms with Crippen molar-refractivity contribution in [2.45, 2.75) is 39.5 Å². The van der Waals surface area contributed by atoms with Gasteiger partial charge in [0.05, 0.1) is 11.3 Å². The summed E-state index contributed by atoms with van der Waals surface area (Å²) in [7, 11) is 0. The fourth-order valence-corrected chi connectivity index (χ4v) is 2.16.